The first kappa shape index (κ1) is 13.1. The van der Waals surface area contributed by atoms with Gasteiger partial charge in [-0.25, -0.2) is 4.79 Å². The van der Waals surface area contributed by atoms with Crippen LogP contribution >= 0.6 is 0 Å². The first-order valence-corrected chi connectivity index (χ1v) is 6.47. The molecule has 0 aliphatic carbocycles. The van der Waals surface area contributed by atoms with Crippen molar-refractivity contribution in [1.82, 2.24) is 10.2 Å². The molecule has 1 fully saturated rings. The first-order chi connectivity index (χ1) is 8.70. The fraction of sp³-hybridized carbons (Fsp3) is 0.500. The minimum Gasteiger partial charge on any atom is -0.478 e. The van der Waals surface area contributed by atoms with Gasteiger partial charge in [0.05, 0.1) is 5.56 Å². The van der Waals surface area contributed by atoms with Crippen molar-refractivity contribution in [1.29, 1.82) is 0 Å². The average Bonchev–Trinajstić information content (AvgIpc) is 2.27. The molecule has 2 rings (SSSR count). The number of nitrogens with zero attached hydrogens (tertiary/aromatic N) is 1. The molecule has 1 saturated heterocycles. The SMILES string of the molecule is CCCN(Cc1ccc(C(=O)O)cc1)C1CNC1. The van der Waals surface area contributed by atoms with Gasteiger partial charge in [-0.15, -0.1) is 0 Å². The van der Waals surface area contributed by atoms with Crippen LogP contribution in [0.15, 0.2) is 24.3 Å². The Morgan fingerprint density at radius 2 is 2.06 bits per heavy atom. The van der Waals surface area contributed by atoms with Crippen molar-refractivity contribution in [3.05, 3.63) is 35.4 Å². The predicted molar refractivity (Wildman–Crippen MR) is 70.8 cm³/mol. The van der Waals surface area contributed by atoms with Gasteiger partial charge in [-0.1, -0.05) is 19.1 Å². The molecule has 1 aliphatic heterocycles. The number of hydrogen-bond donors (Lipinski definition) is 2. The van der Waals surface area contributed by atoms with Gasteiger partial charge in [0.25, 0.3) is 0 Å². The zero-order chi connectivity index (χ0) is 13.0. The Hall–Kier alpha value is -1.39. The van der Waals surface area contributed by atoms with Crippen LogP contribution in [0.3, 0.4) is 0 Å². The lowest BCUT2D eigenvalue weighted by Gasteiger charge is -2.38. The molecule has 2 N–H and O–H groups in total. The molecule has 1 heterocycles. The highest BCUT2D eigenvalue weighted by atomic mass is 16.4. The van der Waals surface area contributed by atoms with Crippen LogP contribution in [0.1, 0.15) is 29.3 Å². The maximum atomic E-state index is 10.8. The predicted octanol–water partition coefficient (Wildman–Crippen LogP) is 1.57. The minimum atomic E-state index is -0.866. The molecular formula is C14H20N2O2. The smallest absolute Gasteiger partial charge is 0.335 e. The summed E-state index contributed by atoms with van der Waals surface area (Å²) in [7, 11) is 0. The number of carboxylic acids is 1. The standard InChI is InChI=1S/C14H20N2O2/c1-2-7-16(13-8-15-9-13)10-11-3-5-12(6-4-11)14(17)18/h3-6,13,15H,2,7-10H2,1H3,(H,17,18). The van der Waals surface area contributed by atoms with E-state index in [0.29, 0.717) is 11.6 Å². The summed E-state index contributed by atoms with van der Waals surface area (Å²) in [6.45, 7) is 6.31. The molecule has 98 valence electrons. The second-order valence-corrected chi connectivity index (χ2v) is 4.78. The van der Waals surface area contributed by atoms with Crippen molar-refractivity contribution in [2.24, 2.45) is 0 Å². The van der Waals surface area contributed by atoms with Gasteiger partial charge in [-0.05, 0) is 30.7 Å². The molecule has 1 aromatic rings. The van der Waals surface area contributed by atoms with Gasteiger partial charge in [-0.2, -0.15) is 0 Å². The Morgan fingerprint density at radius 3 is 2.50 bits per heavy atom. The molecule has 0 amide bonds. The van der Waals surface area contributed by atoms with Gasteiger partial charge >= 0.3 is 5.97 Å². The lowest BCUT2D eigenvalue weighted by Crippen LogP contribution is -2.56. The van der Waals surface area contributed by atoms with E-state index >= 15 is 0 Å². The van der Waals surface area contributed by atoms with Crippen molar-refractivity contribution in [2.45, 2.75) is 25.9 Å². The fourth-order valence-electron chi connectivity index (χ4n) is 2.20. The molecule has 0 bridgehead atoms. The third-order valence-corrected chi connectivity index (χ3v) is 3.37. The summed E-state index contributed by atoms with van der Waals surface area (Å²) in [5.74, 6) is -0.866. The Balaban J connectivity index is 1.99. The van der Waals surface area contributed by atoms with Crippen molar-refractivity contribution in [3.63, 3.8) is 0 Å². The Kier molecular flexibility index (Phi) is 4.33. The normalized spacial score (nSPS) is 15.7. The maximum Gasteiger partial charge on any atom is 0.335 e. The molecule has 1 aromatic carbocycles. The number of benzene rings is 1. The van der Waals surface area contributed by atoms with Crippen LogP contribution < -0.4 is 5.32 Å². The fourth-order valence-corrected chi connectivity index (χ4v) is 2.20. The largest absolute Gasteiger partial charge is 0.478 e. The van der Waals surface area contributed by atoms with Crippen LogP contribution in [-0.2, 0) is 6.54 Å². The van der Waals surface area contributed by atoms with E-state index < -0.39 is 5.97 Å². The molecule has 0 spiro atoms. The lowest BCUT2D eigenvalue weighted by atomic mass is 10.1. The zero-order valence-corrected chi connectivity index (χ0v) is 10.7. The van der Waals surface area contributed by atoms with Gasteiger partial charge in [0.15, 0.2) is 0 Å². The molecular weight excluding hydrogens is 228 g/mol. The van der Waals surface area contributed by atoms with E-state index in [2.05, 4.69) is 17.1 Å². The van der Waals surface area contributed by atoms with Gasteiger partial charge in [0.1, 0.15) is 0 Å². The zero-order valence-electron chi connectivity index (χ0n) is 10.7. The molecule has 1 aliphatic rings. The Morgan fingerprint density at radius 1 is 1.39 bits per heavy atom. The molecule has 4 heteroatoms. The van der Waals surface area contributed by atoms with E-state index in [9.17, 15) is 4.79 Å². The molecule has 4 nitrogen and oxygen atoms in total. The van der Waals surface area contributed by atoms with Crippen LogP contribution in [0.2, 0.25) is 0 Å². The highest BCUT2D eigenvalue weighted by Crippen LogP contribution is 2.13. The van der Waals surface area contributed by atoms with Crippen molar-refractivity contribution in [3.8, 4) is 0 Å². The van der Waals surface area contributed by atoms with Crippen molar-refractivity contribution < 1.29 is 9.90 Å². The number of nitrogens with one attached hydrogen (secondary N) is 1. The third-order valence-electron chi connectivity index (χ3n) is 3.37. The highest BCUT2D eigenvalue weighted by Gasteiger charge is 2.23. The first-order valence-electron chi connectivity index (χ1n) is 6.47. The highest BCUT2D eigenvalue weighted by molar-refractivity contribution is 5.87. The number of carboxylic acid groups (broad SMARTS) is 1. The number of rotatable bonds is 6. The van der Waals surface area contributed by atoms with E-state index in [1.807, 2.05) is 12.1 Å². The van der Waals surface area contributed by atoms with Crippen molar-refractivity contribution >= 4 is 5.97 Å². The van der Waals surface area contributed by atoms with Crippen molar-refractivity contribution in [2.75, 3.05) is 19.6 Å². The molecule has 18 heavy (non-hydrogen) atoms. The molecule has 0 atom stereocenters. The maximum absolute atomic E-state index is 10.8. The summed E-state index contributed by atoms with van der Waals surface area (Å²) in [5.41, 5.74) is 1.53. The molecule has 0 aromatic heterocycles. The van der Waals surface area contributed by atoms with E-state index in [-0.39, 0.29) is 0 Å². The van der Waals surface area contributed by atoms with Crippen LogP contribution in [0, 0.1) is 0 Å². The second-order valence-electron chi connectivity index (χ2n) is 4.78. The van der Waals surface area contributed by atoms with Crippen LogP contribution in [0.25, 0.3) is 0 Å². The second kappa shape index (κ2) is 5.98. The quantitative estimate of drug-likeness (QED) is 0.802. The van der Waals surface area contributed by atoms with Gasteiger partial charge in [0, 0.05) is 25.7 Å². The number of hydrogen-bond acceptors (Lipinski definition) is 3. The summed E-state index contributed by atoms with van der Waals surface area (Å²) in [5, 5.41) is 12.1. The van der Waals surface area contributed by atoms with E-state index in [1.165, 1.54) is 5.56 Å². The average molecular weight is 248 g/mol. The minimum absolute atomic E-state index is 0.353. The van der Waals surface area contributed by atoms with Gasteiger partial charge in [0.2, 0.25) is 0 Å². The van der Waals surface area contributed by atoms with E-state index in [4.69, 9.17) is 5.11 Å². The van der Waals surface area contributed by atoms with Crippen LogP contribution in [0.5, 0.6) is 0 Å². The Labute approximate surface area is 108 Å². The molecule has 0 radical (unpaired) electrons. The summed E-state index contributed by atoms with van der Waals surface area (Å²) >= 11 is 0. The lowest BCUT2D eigenvalue weighted by molar-refractivity contribution is 0.0697. The summed E-state index contributed by atoms with van der Waals surface area (Å²) < 4.78 is 0. The van der Waals surface area contributed by atoms with Crippen LogP contribution in [0.4, 0.5) is 0 Å². The topological polar surface area (TPSA) is 52.6 Å². The van der Waals surface area contributed by atoms with E-state index in [1.54, 1.807) is 12.1 Å². The summed E-state index contributed by atoms with van der Waals surface area (Å²) in [6, 6.07) is 7.82. The summed E-state index contributed by atoms with van der Waals surface area (Å²) in [6.07, 6.45) is 1.14. The third kappa shape index (κ3) is 3.09. The monoisotopic (exact) mass is 248 g/mol. The van der Waals surface area contributed by atoms with E-state index in [0.717, 1.165) is 32.6 Å². The number of aromatic carboxylic acids is 1. The molecule has 0 saturated carbocycles. The summed E-state index contributed by atoms with van der Waals surface area (Å²) in [4.78, 5) is 13.2. The Bertz CT molecular complexity index is 399. The van der Waals surface area contributed by atoms with Gasteiger partial charge in [-0.3, -0.25) is 4.90 Å². The molecule has 0 unspecified atom stereocenters. The van der Waals surface area contributed by atoms with Crippen LogP contribution in [-0.4, -0.2) is 41.7 Å². The number of carbonyl (C=O) groups is 1. The van der Waals surface area contributed by atoms with Gasteiger partial charge < -0.3 is 10.4 Å².